The molecule has 0 aromatic heterocycles. The lowest BCUT2D eigenvalue weighted by atomic mass is 9.83. The van der Waals surface area contributed by atoms with Gasteiger partial charge >= 0.3 is 0 Å². The Bertz CT molecular complexity index is 249. The molecule has 0 aromatic rings. The van der Waals surface area contributed by atoms with E-state index in [1.165, 1.54) is 51.6 Å². The maximum atomic E-state index is 5.38. The monoisotopic (exact) mass is 252 g/mol. The molecular formula is C15H28N2O. The van der Waals surface area contributed by atoms with Crippen LogP contribution in [0.4, 0.5) is 0 Å². The van der Waals surface area contributed by atoms with Crippen LogP contribution in [0.15, 0.2) is 0 Å². The molecule has 2 atom stereocenters. The summed E-state index contributed by atoms with van der Waals surface area (Å²) in [6.45, 7) is 6.46. The van der Waals surface area contributed by atoms with E-state index in [4.69, 9.17) is 4.74 Å². The maximum Gasteiger partial charge on any atom is 0.0594 e. The van der Waals surface area contributed by atoms with Gasteiger partial charge in [-0.15, -0.1) is 0 Å². The Balaban J connectivity index is 1.32. The minimum absolute atomic E-state index is 0.811. The van der Waals surface area contributed by atoms with Crippen LogP contribution >= 0.6 is 0 Å². The van der Waals surface area contributed by atoms with E-state index in [1.54, 1.807) is 0 Å². The lowest BCUT2D eigenvalue weighted by molar-refractivity contribution is 0.0378. The second-order valence-electron chi connectivity index (χ2n) is 6.37. The zero-order valence-corrected chi connectivity index (χ0v) is 11.6. The average molecular weight is 252 g/mol. The Kier molecular flexibility index (Phi) is 4.55. The molecule has 2 saturated carbocycles. The average Bonchev–Trinajstić information content (AvgIpc) is 3.25. The van der Waals surface area contributed by atoms with Gasteiger partial charge in [-0.25, -0.2) is 0 Å². The van der Waals surface area contributed by atoms with E-state index < -0.39 is 0 Å². The first-order valence-electron chi connectivity index (χ1n) is 7.95. The van der Waals surface area contributed by atoms with E-state index in [2.05, 4.69) is 10.2 Å². The van der Waals surface area contributed by atoms with E-state index in [1.807, 2.05) is 0 Å². The number of nitrogens with zero attached hydrogens (tertiary/aromatic N) is 1. The molecule has 0 radical (unpaired) electrons. The molecule has 3 heteroatoms. The van der Waals surface area contributed by atoms with Crippen molar-refractivity contribution < 1.29 is 4.74 Å². The fourth-order valence-corrected chi connectivity index (χ4v) is 3.66. The third kappa shape index (κ3) is 3.69. The number of rotatable bonds is 5. The molecule has 18 heavy (non-hydrogen) atoms. The van der Waals surface area contributed by atoms with E-state index in [-0.39, 0.29) is 0 Å². The summed E-state index contributed by atoms with van der Waals surface area (Å²) in [6.07, 6.45) is 8.86. The topological polar surface area (TPSA) is 24.5 Å². The van der Waals surface area contributed by atoms with Gasteiger partial charge in [0, 0.05) is 32.2 Å². The standard InChI is InChI=1S/C15H28N2O/c1-2-14(13-4-5-13)12-15(3-1)16-6-7-17-8-10-18-11-9-17/h13-16H,1-12H2. The predicted octanol–water partition coefficient (Wildman–Crippen LogP) is 1.88. The van der Waals surface area contributed by atoms with Crippen LogP contribution in [0, 0.1) is 11.8 Å². The van der Waals surface area contributed by atoms with Crippen molar-refractivity contribution in [1.82, 2.24) is 10.2 Å². The van der Waals surface area contributed by atoms with Gasteiger partial charge in [-0.2, -0.15) is 0 Å². The number of hydrogen-bond acceptors (Lipinski definition) is 3. The summed E-state index contributed by atoms with van der Waals surface area (Å²) in [6, 6.07) is 0.811. The minimum Gasteiger partial charge on any atom is -0.379 e. The summed E-state index contributed by atoms with van der Waals surface area (Å²) in [7, 11) is 0. The maximum absolute atomic E-state index is 5.38. The number of morpholine rings is 1. The van der Waals surface area contributed by atoms with E-state index in [9.17, 15) is 0 Å². The van der Waals surface area contributed by atoms with Crippen molar-refractivity contribution in [2.24, 2.45) is 11.8 Å². The zero-order valence-electron chi connectivity index (χ0n) is 11.6. The van der Waals surface area contributed by atoms with Crippen molar-refractivity contribution >= 4 is 0 Å². The summed E-state index contributed by atoms with van der Waals surface area (Å²) >= 11 is 0. The summed E-state index contributed by atoms with van der Waals surface area (Å²) in [4.78, 5) is 2.53. The van der Waals surface area contributed by atoms with Gasteiger partial charge in [0.1, 0.15) is 0 Å². The first kappa shape index (κ1) is 12.9. The quantitative estimate of drug-likeness (QED) is 0.808. The molecule has 3 aliphatic rings. The van der Waals surface area contributed by atoms with E-state index in [0.717, 1.165) is 44.2 Å². The fraction of sp³-hybridized carbons (Fsp3) is 1.00. The Hall–Kier alpha value is -0.120. The molecule has 1 saturated heterocycles. The summed E-state index contributed by atoms with van der Waals surface area (Å²) in [5.41, 5.74) is 0. The lowest BCUT2D eigenvalue weighted by Gasteiger charge is -2.31. The van der Waals surface area contributed by atoms with Gasteiger partial charge in [0.05, 0.1) is 13.2 Å². The Morgan fingerprint density at radius 1 is 1.00 bits per heavy atom. The van der Waals surface area contributed by atoms with E-state index >= 15 is 0 Å². The molecular weight excluding hydrogens is 224 g/mol. The van der Waals surface area contributed by atoms with Crippen LogP contribution in [0.2, 0.25) is 0 Å². The molecule has 3 nitrogen and oxygen atoms in total. The molecule has 1 heterocycles. The molecule has 104 valence electrons. The molecule has 1 aliphatic heterocycles. The number of nitrogens with one attached hydrogen (secondary N) is 1. The van der Waals surface area contributed by atoms with Crippen molar-refractivity contribution in [3.05, 3.63) is 0 Å². The minimum atomic E-state index is 0.811. The van der Waals surface area contributed by atoms with Gasteiger partial charge in [0.15, 0.2) is 0 Å². The second kappa shape index (κ2) is 6.36. The van der Waals surface area contributed by atoms with Crippen LogP contribution in [0.1, 0.15) is 38.5 Å². The van der Waals surface area contributed by atoms with Crippen molar-refractivity contribution in [2.75, 3.05) is 39.4 Å². The Labute approximate surface area is 111 Å². The molecule has 0 amide bonds. The zero-order chi connectivity index (χ0) is 12.2. The lowest BCUT2D eigenvalue weighted by Crippen LogP contribution is -2.43. The third-order valence-electron chi connectivity index (χ3n) is 4.97. The van der Waals surface area contributed by atoms with Crippen LogP contribution < -0.4 is 5.32 Å². The highest BCUT2D eigenvalue weighted by Gasteiger charge is 2.34. The van der Waals surface area contributed by atoms with Crippen molar-refractivity contribution in [2.45, 2.75) is 44.6 Å². The number of hydrogen-bond donors (Lipinski definition) is 1. The third-order valence-corrected chi connectivity index (χ3v) is 4.97. The van der Waals surface area contributed by atoms with Crippen molar-refractivity contribution in [3.8, 4) is 0 Å². The fourth-order valence-electron chi connectivity index (χ4n) is 3.66. The highest BCUT2D eigenvalue weighted by atomic mass is 16.5. The smallest absolute Gasteiger partial charge is 0.0594 e. The van der Waals surface area contributed by atoms with Crippen LogP contribution in [-0.4, -0.2) is 50.3 Å². The van der Waals surface area contributed by atoms with Gasteiger partial charge in [0.2, 0.25) is 0 Å². The van der Waals surface area contributed by atoms with E-state index in [0.29, 0.717) is 0 Å². The van der Waals surface area contributed by atoms with Gasteiger partial charge in [-0.3, -0.25) is 4.90 Å². The molecule has 2 unspecified atom stereocenters. The molecule has 0 bridgehead atoms. The second-order valence-corrected chi connectivity index (χ2v) is 6.37. The van der Waals surface area contributed by atoms with Crippen LogP contribution in [-0.2, 0) is 4.74 Å². The highest BCUT2D eigenvalue weighted by molar-refractivity contribution is 4.87. The number of ether oxygens (including phenoxy) is 1. The summed E-state index contributed by atoms with van der Waals surface area (Å²) in [5, 5.41) is 3.80. The van der Waals surface area contributed by atoms with Crippen molar-refractivity contribution in [3.63, 3.8) is 0 Å². The van der Waals surface area contributed by atoms with Gasteiger partial charge in [0.25, 0.3) is 0 Å². The van der Waals surface area contributed by atoms with Crippen LogP contribution in [0.3, 0.4) is 0 Å². The normalized spacial score (nSPS) is 34.7. The molecule has 0 aromatic carbocycles. The van der Waals surface area contributed by atoms with Gasteiger partial charge in [-0.1, -0.05) is 12.8 Å². The predicted molar refractivity (Wildman–Crippen MR) is 73.7 cm³/mol. The van der Waals surface area contributed by atoms with Crippen molar-refractivity contribution in [1.29, 1.82) is 0 Å². The van der Waals surface area contributed by atoms with Gasteiger partial charge in [-0.05, 0) is 37.5 Å². The highest BCUT2D eigenvalue weighted by Crippen LogP contribution is 2.43. The molecule has 3 fully saturated rings. The Morgan fingerprint density at radius 3 is 2.61 bits per heavy atom. The largest absolute Gasteiger partial charge is 0.379 e. The molecule has 2 aliphatic carbocycles. The first-order valence-corrected chi connectivity index (χ1v) is 7.95. The van der Waals surface area contributed by atoms with Crippen LogP contribution in [0.5, 0.6) is 0 Å². The molecule has 3 rings (SSSR count). The first-order chi connectivity index (χ1) is 8.92. The van der Waals surface area contributed by atoms with Gasteiger partial charge < -0.3 is 10.1 Å². The SMILES string of the molecule is C1CC(NCCN2CCOCC2)CC(C2CC2)C1. The Morgan fingerprint density at radius 2 is 1.83 bits per heavy atom. The summed E-state index contributed by atoms with van der Waals surface area (Å²) < 4.78 is 5.38. The van der Waals surface area contributed by atoms with Crippen LogP contribution in [0.25, 0.3) is 0 Å². The molecule has 0 spiro atoms. The summed E-state index contributed by atoms with van der Waals surface area (Å²) in [5.74, 6) is 2.16. The molecule has 1 N–H and O–H groups in total.